The molecule has 0 aliphatic heterocycles. The van der Waals surface area contributed by atoms with Crippen molar-refractivity contribution in [2.24, 2.45) is 7.05 Å². The zero-order chi connectivity index (χ0) is 24.6. The highest BCUT2D eigenvalue weighted by atomic mass is 35.5. The minimum absolute atomic E-state index is 0.104. The lowest BCUT2D eigenvalue weighted by Crippen LogP contribution is -2.20. The molecule has 0 spiro atoms. The highest BCUT2D eigenvalue weighted by molar-refractivity contribution is 7.97. The number of pyridine rings is 1. The van der Waals surface area contributed by atoms with Gasteiger partial charge in [0, 0.05) is 30.6 Å². The van der Waals surface area contributed by atoms with Crippen LogP contribution in [0, 0.1) is 13.8 Å². The molecule has 1 amide bonds. The number of anilines is 1. The second-order valence-electron chi connectivity index (χ2n) is 8.07. The fourth-order valence-corrected chi connectivity index (χ4v) is 4.27. The Hall–Kier alpha value is -3.30. The predicted octanol–water partition coefficient (Wildman–Crippen LogP) is 5.04. The number of carbonyl (C=O) groups is 1. The van der Waals surface area contributed by atoms with Crippen LogP contribution in [-0.4, -0.2) is 26.7 Å². The van der Waals surface area contributed by atoms with Crippen LogP contribution in [-0.2, 0) is 7.05 Å². The van der Waals surface area contributed by atoms with Gasteiger partial charge in [0.05, 0.1) is 23.4 Å². The van der Waals surface area contributed by atoms with Crippen LogP contribution in [0.2, 0.25) is 5.15 Å². The summed E-state index contributed by atoms with van der Waals surface area (Å²) in [5, 5.41) is 4.05. The Morgan fingerprint density at radius 3 is 2.71 bits per heavy atom. The Balaban J connectivity index is 1.84. The van der Waals surface area contributed by atoms with E-state index in [1.165, 1.54) is 11.9 Å². The smallest absolute Gasteiger partial charge is 0.281 e. The number of nitrogens with one attached hydrogen (secondary N) is 2. The number of nitrogens with zero attached hydrogens (tertiary/aromatic N) is 3. The number of hydrogen-bond donors (Lipinski definition) is 2. The summed E-state index contributed by atoms with van der Waals surface area (Å²) in [6, 6.07) is 6.79. The molecule has 0 aliphatic carbocycles. The number of fused-ring (bicyclic) bond motifs is 1. The third-order valence-corrected chi connectivity index (χ3v) is 6.04. The summed E-state index contributed by atoms with van der Waals surface area (Å²) < 4.78 is 10.8. The number of hydrogen-bond acceptors (Lipinski definition) is 7. The number of halogens is 1. The molecule has 8 nitrogen and oxygen atoms in total. The van der Waals surface area contributed by atoms with E-state index in [4.69, 9.17) is 16.0 Å². The van der Waals surface area contributed by atoms with Crippen molar-refractivity contribution < 1.29 is 9.21 Å². The molecule has 0 bridgehead atoms. The minimum Gasteiger partial charge on any atom is -0.453 e. The van der Waals surface area contributed by atoms with Crippen LogP contribution >= 0.6 is 23.5 Å². The monoisotopic (exact) mass is 497 g/mol. The quantitative estimate of drug-likeness (QED) is 0.284. The number of amides is 1. The van der Waals surface area contributed by atoms with Crippen LogP contribution in [0.25, 0.3) is 22.4 Å². The van der Waals surface area contributed by atoms with Crippen LogP contribution in [0.3, 0.4) is 0 Å². The van der Waals surface area contributed by atoms with Gasteiger partial charge in [-0.2, -0.15) is 0 Å². The number of aryl methyl sites for hydroxylation is 2. The first-order chi connectivity index (χ1) is 16.2. The summed E-state index contributed by atoms with van der Waals surface area (Å²) in [6.45, 7) is 5.60. The fourth-order valence-electron chi connectivity index (χ4n) is 3.84. The maximum absolute atomic E-state index is 13.3. The first-order valence-electron chi connectivity index (χ1n) is 10.5. The second-order valence-corrected chi connectivity index (χ2v) is 9.07. The molecule has 0 aliphatic rings. The van der Waals surface area contributed by atoms with E-state index in [9.17, 15) is 9.59 Å². The third kappa shape index (κ3) is 4.53. The summed E-state index contributed by atoms with van der Waals surface area (Å²) >= 11 is 7.21. The fraction of sp³-hybridized carbons (Fsp3) is 0.250. The van der Waals surface area contributed by atoms with Gasteiger partial charge in [-0.15, -0.1) is 0 Å². The molecule has 10 heteroatoms. The minimum atomic E-state index is -0.363. The number of benzene rings is 1. The Morgan fingerprint density at radius 1 is 1.26 bits per heavy atom. The molecule has 4 rings (SSSR count). The topological polar surface area (TPSA) is 102 Å². The van der Waals surface area contributed by atoms with E-state index in [1.807, 2.05) is 39.2 Å². The largest absolute Gasteiger partial charge is 0.453 e. The van der Waals surface area contributed by atoms with Gasteiger partial charge in [-0.05, 0) is 44.5 Å². The van der Waals surface area contributed by atoms with E-state index in [1.54, 1.807) is 36.2 Å². The Labute approximate surface area is 205 Å². The number of aromatic nitrogens is 3. The van der Waals surface area contributed by atoms with Crippen LogP contribution < -0.4 is 15.5 Å². The van der Waals surface area contributed by atoms with Gasteiger partial charge in [0.25, 0.3) is 5.91 Å². The molecule has 3 aromatic heterocycles. The predicted molar refractivity (Wildman–Crippen MR) is 136 cm³/mol. The molecule has 176 valence electrons. The molecular weight excluding hydrogens is 474 g/mol. The van der Waals surface area contributed by atoms with Gasteiger partial charge < -0.3 is 14.3 Å². The molecule has 0 radical (unpaired) electrons. The summed E-state index contributed by atoms with van der Waals surface area (Å²) in [5.74, 6) is 0.0713. The summed E-state index contributed by atoms with van der Waals surface area (Å²) in [4.78, 5) is 34.4. The second kappa shape index (κ2) is 9.52. The van der Waals surface area contributed by atoms with E-state index < -0.39 is 0 Å². The van der Waals surface area contributed by atoms with Gasteiger partial charge in [-0.25, -0.2) is 9.97 Å². The first-order valence-corrected chi connectivity index (χ1v) is 12.1. The average molecular weight is 498 g/mol. The van der Waals surface area contributed by atoms with Gasteiger partial charge in [-0.1, -0.05) is 29.6 Å². The highest BCUT2D eigenvalue weighted by Crippen LogP contribution is 2.32. The molecule has 34 heavy (non-hydrogen) atoms. The molecule has 3 heterocycles. The summed E-state index contributed by atoms with van der Waals surface area (Å²) in [7, 11) is 1.86. The normalized spacial score (nSPS) is 12.1. The maximum atomic E-state index is 13.3. The average Bonchev–Trinajstić information content (AvgIpc) is 3.23. The first kappa shape index (κ1) is 23.8. The van der Waals surface area contributed by atoms with Crippen molar-refractivity contribution in [3.05, 3.63) is 74.6 Å². The molecule has 2 N–H and O–H groups in total. The number of imidazole rings is 1. The Bertz CT molecular complexity index is 1460. The van der Waals surface area contributed by atoms with Crippen LogP contribution in [0.4, 0.5) is 5.69 Å². The van der Waals surface area contributed by atoms with Crippen molar-refractivity contribution >= 4 is 46.1 Å². The third-order valence-electron chi connectivity index (χ3n) is 5.44. The SMILES string of the molecule is CSNC(=O)c1nc(Cl)ccc1NC(C)c1cc(C)cc2c(=O)c(C)c(-c3cn(C)cn3)oc12. The molecule has 0 saturated carbocycles. The number of carbonyl (C=O) groups excluding carboxylic acids is 1. The van der Waals surface area contributed by atoms with Crippen molar-refractivity contribution in [3.63, 3.8) is 0 Å². The van der Waals surface area contributed by atoms with Crippen molar-refractivity contribution in [3.8, 4) is 11.5 Å². The summed E-state index contributed by atoms with van der Waals surface area (Å²) in [6.07, 6.45) is 5.22. The van der Waals surface area contributed by atoms with Crippen LogP contribution in [0.1, 0.15) is 40.1 Å². The summed E-state index contributed by atoms with van der Waals surface area (Å²) in [5.41, 5.74) is 3.84. The molecule has 1 aromatic carbocycles. The highest BCUT2D eigenvalue weighted by Gasteiger charge is 2.22. The standard InChI is InChI=1S/C24H24ClN5O3S/c1-12-8-15(14(3)27-17-6-7-19(25)28-20(17)24(32)29-34-5)23-16(9-12)21(31)13(2)22(33-23)18-10-30(4)11-26-18/h6-11,14,27H,1-5H3,(H,29,32). The molecule has 1 unspecified atom stereocenters. The molecule has 4 aromatic rings. The molecule has 1 atom stereocenters. The molecule has 0 fully saturated rings. The van der Waals surface area contributed by atoms with Crippen LogP contribution in [0.15, 0.2) is 46.0 Å². The van der Waals surface area contributed by atoms with E-state index in [0.717, 1.165) is 11.1 Å². The van der Waals surface area contributed by atoms with Gasteiger partial charge in [-0.3, -0.25) is 14.3 Å². The molecule has 0 saturated heterocycles. The molecular formula is C24H24ClN5O3S. The van der Waals surface area contributed by atoms with Gasteiger partial charge in [0.2, 0.25) is 0 Å². The van der Waals surface area contributed by atoms with Crippen LogP contribution in [0.5, 0.6) is 0 Å². The lowest BCUT2D eigenvalue weighted by atomic mass is 9.99. The zero-order valence-corrected chi connectivity index (χ0v) is 21.0. The van der Waals surface area contributed by atoms with Gasteiger partial charge in [0.15, 0.2) is 16.9 Å². The lowest BCUT2D eigenvalue weighted by Gasteiger charge is -2.20. The van der Waals surface area contributed by atoms with Crippen molar-refractivity contribution in [2.45, 2.75) is 26.8 Å². The van der Waals surface area contributed by atoms with Crippen molar-refractivity contribution in [2.75, 3.05) is 11.6 Å². The Kier molecular flexibility index (Phi) is 6.67. The Morgan fingerprint density at radius 2 is 2.03 bits per heavy atom. The van der Waals surface area contributed by atoms with E-state index in [-0.39, 0.29) is 28.2 Å². The van der Waals surface area contributed by atoms with Crippen molar-refractivity contribution in [1.82, 2.24) is 19.3 Å². The van der Waals surface area contributed by atoms with E-state index in [2.05, 4.69) is 20.0 Å². The van der Waals surface area contributed by atoms with Gasteiger partial charge in [0.1, 0.15) is 16.4 Å². The lowest BCUT2D eigenvalue weighted by molar-refractivity contribution is 0.0980. The van der Waals surface area contributed by atoms with Crippen molar-refractivity contribution in [1.29, 1.82) is 0 Å². The van der Waals surface area contributed by atoms with Gasteiger partial charge >= 0.3 is 0 Å². The maximum Gasteiger partial charge on any atom is 0.281 e. The zero-order valence-electron chi connectivity index (χ0n) is 19.4. The number of rotatable bonds is 6. The van der Waals surface area contributed by atoms with E-state index >= 15 is 0 Å². The van der Waals surface area contributed by atoms with E-state index in [0.29, 0.717) is 33.7 Å².